The topological polar surface area (TPSA) is 80.1 Å². The van der Waals surface area contributed by atoms with Gasteiger partial charge in [-0.05, 0) is 29.7 Å². The number of benzene rings is 2. The van der Waals surface area contributed by atoms with Crippen molar-refractivity contribution in [1.82, 2.24) is 25.0 Å². The van der Waals surface area contributed by atoms with Gasteiger partial charge in [-0.2, -0.15) is 0 Å². The molecule has 4 rings (SSSR count). The van der Waals surface area contributed by atoms with Crippen LogP contribution in [0.25, 0.3) is 0 Å². The van der Waals surface area contributed by atoms with Gasteiger partial charge in [0.1, 0.15) is 5.82 Å². The van der Waals surface area contributed by atoms with E-state index in [0.29, 0.717) is 49.3 Å². The molecule has 1 aliphatic heterocycles. The van der Waals surface area contributed by atoms with Crippen LogP contribution >= 0.6 is 11.6 Å². The number of aryl methyl sites for hydroxylation is 2. The number of hydrogen-bond donors (Lipinski definition) is 1. The molecule has 0 radical (unpaired) electrons. The lowest BCUT2D eigenvalue weighted by atomic mass is 10.1. The second kappa shape index (κ2) is 9.31. The van der Waals surface area contributed by atoms with E-state index in [9.17, 15) is 9.59 Å². The van der Waals surface area contributed by atoms with Crippen molar-refractivity contribution in [2.75, 3.05) is 6.54 Å². The predicted octanol–water partition coefficient (Wildman–Crippen LogP) is 3.14. The van der Waals surface area contributed by atoms with Gasteiger partial charge in [-0.1, -0.05) is 54.1 Å². The van der Waals surface area contributed by atoms with Crippen LogP contribution < -0.4 is 5.32 Å². The average molecular weight is 438 g/mol. The van der Waals surface area contributed by atoms with Crippen LogP contribution in [0.3, 0.4) is 0 Å². The monoisotopic (exact) mass is 437 g/mol. The maximum absolute atomic E-state index is 12.9. The van der Waals surface area contributed by atoms with Crippen LogP contribution in [-0.4, -0.2) is 38.0 Å². The maximum atomic E-state index is 12.9. The minimum atomic E-state index is -0.128. The fraction of sp³-hybridized carbons (Fsp3) is 0.304. The molecule has 0 atom stereocenters. The molecule has 0 bridgehead atoms. The number of rotatable bonds is 7. The second-order valence-electron chi connectivity index (χ2n) is 7.61. The van der Waals surface area contributed by atoms with Gasteiger partial charge >= 0.3 is 0 Å². The molecular weight excluding hydrogens is 414 g/mol. The number of halogens is 1. The third-order valence-corrected chi connectivity index (χ3v) is 5.90. The van der Waals surface area contributed by atoms with Gasteiger partial charge in [0.15, 0.2) is 0 Å². The molecular formula is C23H24ClN5O2. The molecule has 0 fully saturated rings. The minimum absolute atomic E-state index is 0.0967. The Morgan fingerprint density at radius 1 is 1.06 bits per heavy atom. The van der Waals surface area contributed by atoms with E-state index in [1.54, 1.807) is 11.0 Å². The summed E-state index contributed by atoms with van der Waals surface area (Å²) in [5, 5.41) is 11.8. The molecule has 2 heterocycles. The van der Waals surface area contributed by atoms with Crippen LogP contribution in [0.2, 0.25) is 5.02 Å². The Bertz CT molecular complexity index is 1110. The third kappa shape index (κ3) is 4.77. The van der Waals surface area contributed by atoms with Gasteiger partial charge in [-0.25, -0.2) is 0 Å². The first-order chi connectivity index (χ1) is 15.0. The molecule has 3 aromatic rings. The lowest BCUT2D eigenvalue weighted by molar-refractivity contribution is -0.121. The third-order valence-electron chi connectivity index (χ3n) is 5.53. The van der Waals surface area contributed by atoms with E-state index in [1.807, 2.05) is 54.0 Å². The number of aromatic nitrogens is 3. The van der Waals surface area contributed by atoms with Gasteiger partial charge < -0.3 is 14.8 Å². The van der Waals surface area contributed by atoms with Crippen LogP contribution in [0.1, 0.15) is 39.6 Å². The summed E-state index contributed by atoms with van der Waals surface area (Å²) >= 11 is 6.12. The Labute approximate surface area is 186 Å². The van der Waals surface area contributed by atoms with E-state index in [1.165, 1.54) is 0 Å². The number of nitrogens with one attached hydrogen (secondary N) is 1. The fourth-order valence-corrected chi connectivity index (χ4v) is 3.87. The van der Waals surface area contributed by atoms with Gasteiger partial charge in [-0.3, -0.25) is 9.59 Å². The smallest absolute Gasteiger partial charge is 0.292 e. The van der Waals surface area contributed by atoms with E-state index in [4.69, 9.17) is 11.6 Å². The molecule has 1 N–H and O–H groups in total. The second-order valence-corrected chi connectivity index (χ2v) is 8.02. The van der Waals surface area contributed by atoms with Crippen molar-refractivity contribution < 1.29 is 9.59 Å². The Kier molecular flexibility index (Phi) is 6.32. The minimum Gasteiger partial charge on any atom is -0.352 e. The predicted molar refractivity (Wildman–Crippen MR) is 118 cm³/mol. The van der Waals surface area contributed by atoms with E-state index < -0.39 is 0 Å². The van der Waals surface area contributed by atoms with Crippen LogP contribution in [0.4, 0.5) is 0 Å². The Morgan fingerprint density at radius 3 is 2.58 bits per heavy atom. The number of carbonyl (C=O) groups is 2. The average Bonchev–Trinajstić information content (AvgIpc) is 3.19. The van der Waals surface area contributed by atoms with Gasteiger partial charge in [0.05, 0.1) is 0 Å². The highest BCUT2D eigenvalue weighted by molar-refractivity contribution is 6.31. The number of hydrogen-bond acceptors (Lipinski definition) is 4. The highest BCUT2D eigenvalue weighted by Gasteiger charge is 2.29. The van der Waals surface area contributed by atoms with Gasteiger partial charge in [0.2, 0.25) is 11.7 Å². The number of carbonyl (C=O) groups excluding carboxylic acids is 2. The zero-order chi connectivity index (χ0) is 21.8. The van der Waals surface area contributed by atoms with Crippen LogP contribution in [0.5, 0.6) is 0 Å². The summed E-state index contributed by atoms with van der Waals surface area (Å²) < 4.78 is 1.83. The summed E-state index contributed by atoms with van der Waals surface area (Å²) in [5.41, 5.74) is 3.15. The summed E-state index contributed by atoms with van der Waals surface area (Å²) in [6, 6.07) is 15.5. The quantitative estimate of drug-likeness (QED) is 0.615. The van der Waals surface area contributed by atoms with Gasteiger partial charge in [0.25, 0.3) is 5.91 Å². The van der Waals surface area contributed by atoms with Gasteiger partial charge in [0, 0.05) is 44.0 Å². The Balaban J connectivity index is 1.34. The molecule has 7 nitrogen and oxygen atoms in total. The zero-order valence-electron chi connectivity index (χ0n) is 17.3. The Hall–Kier alpha value is -3.19. The standard InChI is InChI=1S/C23H24ClN5O2/c1-16-6-2-3-8-18(16)15-28-12-13-29-20(26-27-22(29)23(28)31)10-11-21(30)25-14-17-7-4-5-9-19(17)24/h2-9H,10-15H2,1H3,(H,25,30). The van der Waals surface area contributed by atoms with E-state index in [2.05, 4.69) is 15.5 Å². The molecule has 0 saturated carbocycles. The molecule has 2 aromatic carbocycles. The van der Waals surface area contributed by atoms with Crippen molar-refractivity contribution in [2.24, 2.45) is 0 Å². The van der Waals surface area contributed by atoms with Crippen molar-refractivity contribution in [3.63, 3.8) is 0 Å². The van der Waals surface area contributed by atoms with Crippen molar-refractivity contribution in [1.29, 1.82) is 0 Å². The lowest BCUT2D eigenvalue weighted by Gasteiger charge is -2.28. The number of fused-ring (bicyclic) bond motifs is 1. The fourth-order valence-electron chi connectivity index (χ4n) is 3.67. The number of nitrogens with zero attached hydrogens (tertiary/aromatic N) is 4. The normalized spacial score (nSPS) is 13.2. The molecule has 31 heavy (non-hydrogen) atoms. The van der Waals surface area contributed by atoms with E-state index in [-0.39, 0.29) is 18.2 Å². The summed E-state index contributed by atoms with van der Waals surface area (Å²) in [6.07, 6.45) is 0.691. The number of amides is 2. The summed E-state index contributed by atoms with van der Waals surface area (Å²) in [7, 11) is 0. The SMILES string of the molecule is Cc1ccccc1CN1CCn2c(CCC(=O)NCc3ccccc3Cl)nnc2C1=O. The van der Waals surface area contributed by atoms with Crippen LogP contribution in [-0.2, 0) is 30.8 Å². The molecule has 8 heteroatoms. The zero-order valence-corrected chi connectivity index (χ0v) is 18.1. The molecule has 2 amide bonds. The van der Waals surface area contributed by atoms with E-state index in [0.717, 1.165) is 16.7 Å². The van der Waals surface area contributed by atoms with Crippen molar-refractivity contribution >= 4 is 23.4 Å². The van der Waals surface area contributed by atoms with Gasteiger partial charge in [-0.15, -0.1) is 10.2 Å². The molecule has 0 spiro atoms. The van der Waals surface area contributed by atoms with Crippen LogP contribution in [0, 0.1) is 6.92 Å². The molecule has 160 valence electrons. The highest BCUT2D eigenvalue weighted by Crippen LogP contribution is 2.18. The summed E-state index contributed by atoms with van der Waals surface area (Å²) in [6.45, 7) is 4.18. The van der Waals surface area contributed by atoms with Crippen molar-refractivity contribution in [2.45, 2.75) is 39.4 Å². The molecule has 1 aromatic heterocycles. The molecule has 0 aliphatic carbocycles. The van der Waals surface area contributed by atoms with Crippen molar-refractivity contribution in [3.8, 4) is 0 Å². The largest absolute Gasteiger partial charge is 0.352 e. The molecule has 0 unspecified atom stereocenters. The van der Waals surface area contributed by atoms with Crippen molar-refractivity contribution in [3.05, 3.63) is 81.9 Å². The first-order valence-electron chi connectivity index (χ1n) is 10.3. The maximum Gasteiger partial charge on any atom is 0.292 e. The van der Waals surface area contributed by atoms with Crippen LogP contribution in [0.15, 0.2) is 48.5 Å². The highest BCUT2D eigenvalue weighted by atomic mass is 35.5. The Morgan fingerprint density at radius 2 is 1.81 bits per heavy atom. The van der Waals surface area contributed by atoms with E-state index >= 15 is 0 Å². The molecule has 1 aliphatic rings. The first-order valence-corrected chi connectivity index (χ1v) is 10.7. The summed E-state index contributed by atoms with van der Waals surface area (Å²) in [5.74, 6) is 0.773. The lowest BCUT2D eigenvalue weighted by Crippen LogP contribution is -2.40. The summed E-state index contributed by atoms with van der Waals surface area (Å²) in [4.78, 5) is 26.9. The first kappa shape index (κ1) is 21.1. The molecule has 0 saturated heterocycles.